The summed E-state index contributed by atoms with van der Waals surface area (Å²) in [5.41, 5.74) is 6.58. The monoisotopic (exact) mass is 215 g/mol. The molecule has 0 unspecified atom stereocenters. The van der Waals surface area contributed by atoms with E-state index >= 15 is 0 Å². The van der Waals surface area contributed by atoms with Crippen LogP contribution in [0.25, 0.3) is 0 Å². The van der Waals surface area contributed by atoms with Crippen molar-refractivity contribution in [2.45, 2.75) is 13.0 Å². The van der Waals surface area contributed by atoms with Gasteiger partial charge in [-0.2, -0.15) is 5.10 Å². The zero-order valence-electron chi connectivity index (χ0n) is 8.84. The summed E-state index contributed by atoms with van der Waals surface area (Å²) in [4.78, 5) is 11.4. The van der Waals surface area contributed by atoms with Crippen molar-refractivity contribution in [3.05, 3.63) is 58.4 Å². The average Bonchev–Trinajstić information content (AvgIpc) is 2.32. The van der Waals surface area contributed by atoms with Crippen LogP contribution in [0, 0.1) is 0 Å². The fourth-order valence-corrected chi connectivity index (χ4v) is 1.50. The van der Waals surface area contributed by atoms with Gasteiger partial charge in [-0.3, -0.25) is 4.79 Å². The zero-order chi connectivity index (χ0) is 11.4. The van der Waals surface area contributed by atoms with Crippen LogP contribution in [0.4, 0.5) is 5.82 Å². The molecule has 1 heterocycles. The molecule has 0 aliphatic heterocycles. The minimum absolute atomic E-state index is 0.120. The molecule has 0 aliphatic rings. The van der Waals surface area contributed by atoms with Crippen LogP contribution in [0.15, 0.2) is 47.3 Å². The molecule has 1 aromatic carbocycles. The fourth-order valence-electron chi connectivity index (χ4n) is 1.50. The van der Waals surface area contributed by atoms with Crippen LogP contribution < -0.4 is 11.3 Å². The number of benzene rings is 1. The number of aryl methyl sites for hydroxylation is 2. The number of rotatable bonds is 3. The standard InChI is InChI=1S/C12H13N3O/c13-11-6-7-12(16)15(14-11)9-8-10-4-2-1-3-5-10/h1-7H,8-9H2,(H2,13,14). The third-order valence-corrected chi connectivity index (χ3v) is 2.34. The van der Waals surface area contributed by atoms with E-state index in [-0.39, 0.29) is 5.56 Å². The smallest absolute Gasteiger partial charge is 0.266 e. The number of nitrogens with two attached hydrogens (primary N) is 1. The van der Waals surface area contributed by atoms with Gasteiger partial charge in [0, 0.05) is 12.6 Å². The Balaban J connectivity index is 2.11. The maximum Gasteiger partial charge on any atom is 0.266 e. The third-order valence-electron chi connectivity index (χ3n) is 2.34. The molecule has 82 valence electrons. The maximum atomic E-state index is 11.4. The number of aromatic nitrogens is 2. The Hall–Kier alpha value is -2.10. The van der Waals surface area contributed by atoms with Crippen molar-refractivity contribution in [1.29, 1.82) is 0 Å². The first-order valence-corrected chi connectivity index (χ1v) is 5.13. The Morgan fingerprint density at radius 2 is 1.88 bits per heavy atom. The molecule has 2 aromatic rings. The quantitative estimate of drug-likeness (QED) is 0.833. The molecular formula is C12H13N3O. The summed E-state index contributed by atoms with van der Waals surface area (Å²) in [6, 6.07) is 12.9. The van der Waals surface area contributed by atoms with E-state index in [1.165, 1.54) is 22.4 Å². The number of nitrogens with zero attached hydrogens (tertiary/aromatic N) is 2. The van der Waals surface area contributed by atoms with Crippen LogP contribution in [0.2, 0.25) is 0 Å². The van der Waals surface area contributed by atoms with Gasteiger partial charge in [-0.05, 0) is 18.1 Å². The predicted octanol–water partition coefficient (Wildman–Crippen LogP) is 1.07. The van der Waals surface area contributed by atoms with Gasteiger partial charge in [-0.25, -0.2) is 4.68 Å². The Morgan fingerprint density at radius 1 is 1.12 bits per heavy atom. The summed E-state index contributed by atoms with van der Waals surface area (Å²) in [5, 5.41) is 3.97. The van der Waals surface area contributed by atoms with Crippen molar-refractivity contribution in [3.63, 3.8) is 0 Å². The molecule has 2 rings (SSSR count). The molecule has 16 heavy (non-hydrogen) atoms. The maximum absolute atomic E-state index is 11.4. The van der Waals surface area contributed by atoms with Gasteiger partial charge < -0.3 is 5.73 Å². The summed E-state index contributed by atoms with van der Waals surface area (Å²) in [6.07, 6.45) is 0.775. The van der Waals surface area contributed by atoms with Gasteiger partial charge in [0.25, 0.3) is 5.56 Å². The lowest BCUT2D eigenvalue weighted by Gasteiger charge is -2.04. The lowest BCUT2D eigenvalue weighted by molar-refractivity contribution is 0.582. The minimum atomic E-state index is -0.120. The van der Waals surface area contributed by atoms with Gasteiger partial charge in [0.05, 0.1) is 0 Å². The summed E-state index contributed by atoms with van der Waals surface area (Å²) in [5.74, 6) is 0.368. The van der Waals surface area contributed by atoms with E-state index in [0.717, 1.165) is 6.42 Å². The van der Waals surface area contributed by atoms with Crippen LogP contribution in [0.5, 0.6) is 0 Å². The van der Waals surface area contributed by atoms with Crippen molar-refractivity contribution in [3.8, 4) is 0 Å². The molecule has 0 saturated heterocycles. The highest BCUT2D eigenvalue weighted by molar-refractivity contribution is 5.23. The Bertz CT molecular complexity index is 519. The largest absolute Gasteiger partial charge is 0.382 e. The van der Waals surface area contributed by atoms with Crippen molar-refractivity contribution >= 4 is 5.82 Å². The average molecular weight is 215 g/mol. The van der Waals surface area contributed by atoms with Gasteiger partial charge in [-0.15, -0.1) is 0 Å². The van der Waals surface area contributed by atoms with Gasteiger partial charge >= 0.3 is 0 Å². The van der Waals surface area contributed by atoms with E-state index in [4.69, 9.17) is 5.73 Å². The lowest BCUT2D eigenvalue weighted by Crippen LogP contribution is -2.23. The second-order valence-electron chi connectivity index (χ2n) is 3.56. The molecule has 0 saturated carbocycles. The van der Waals surface area contributed by atoms with E-state index in [9.17, 15) is 4.79 Å². The number of hydrogen-bond acceptors (Lipinski definition) is 3. The molecule has 0 fully saturated rings. The van der Waals surface area contributed by atoms with E-state index < -0.39 is 0 Å². The highest BCUT2D eigenvalue weighted by Gasteiger charge is 1.98. The summed E-state index contributed by atoms with van der Waals surface area (Å²) in [6.45, 7) is 0.549. The highest BCUT2D eigenvalue weighted by Crippen LogP contribution is 2.00. The Morgan fingerprint density at radius 3 is 2.62 bits per heavy atom. The number of hydrogen-bond donors (Lipinski definition) is 1. The van der Waals surface area contributed by atoms with Gasteiger partial charge in [0.2, 0.25) is 0 Å². The Kier molecular flexibility index (Phi) is 3.00. The second-order valence-corrected chi connectivity index (χ2v) is 3.56. The zero-order valence-corrected chi connectivity index (χ0v) is 8.84. The molecule has 1 aromatic heterocycles. The highest BCUT2D eigenvalue weighted by atomic mass is 16.1. The summed E-state index contributed by atoms with van der Waals surface area (Å²) >= 11 is 0. The number of nitrogen functional groups attached to an aromatic ring is 1. The summed E-state index contributed by atoms with van der Waals surface area (Å²) in [7, 11) is 0. The van der Waals surface area contributed by atoms with Crippen LogP contribution in [0.1, 0.15) is 5.56 Å². The van der Waals surface area contributed by atoms with Crippen molar-refractivity contribution in [2.24, 2.45) is 0 Å². The van der Waals surface area contributed by atoms with Gasteiger partial charge in [-0.1, -0.05) is 30.3 Å². The van der Waals surface area contributed by atoms with Crippen LogP contribution >= 0.6 is 0 Å². The van der Waals surface area contributed by atoms with E-state index in [2.05, 4.69) is 5.10 Å². The molecule has 4 nitrogen and oxygen atoms in total. The molecule has 0 amide bonds. The van der Waals surface area contributed by atoms with Crippen LogP contribution in [-0.2, 0) is 13.0 Å². The van der Waals surface area contributed by atoms with Gasteiger partial charge in [0.1, 0.15) is 5.82 Å². The van der Waals surface area contributed by atoms with Crippen LogP contribution in [0.3, 0.4) is 0 Å². The van der Waals surface area contributed by atoms with Crippen LogP contribution in [-0.4, -0.2) is 9.78 Å². The molecule has 2 N–H and O–H groups in total. The normalized spacial score (nSPS) is 10.2. The first-order valence-electron chi connectivity index (χ1n) is 5.13. The molecule has 0 bridgehead atoms. The molecule has 0 aliphatic carbocycles. The molecule has 0 atom stereocenters. The second kappa shape index (κ2) is 4.61. The minimum Gasteiger partial charge on any atom is -0.382 e. The van der Waals surface area contributed by atoms with E-state index in [0.29, 0.717) is 12.4 Å². The third kappa shape index (κ3) is 2.48. The Labute approximate surface area is 93.3 Å². The van der Waals surface area contributed by atoms with E-state index in [1.54, 1.807) is 0 Å². The fraction of sp³-hybridized carbons (Fsp3) is 0.167. The SMILES string of the molecule is Nc1ccc(=O)n(CCc2ccccc2)n1. The summed E-state index contributed by atoms with van der Waals surface area (Å²) < 4.78 is 1.39. The molecular weight excluding hydrogens is 202 g/mol. The predicted molar refractivity (Wildman–Crippen MR) is 63.1 cm³/mol. The molecule has 0 spiro atoms. The topological polar surface area (TPSA) is 60.9 Å². The van der Waals surface area contributed by atoms with Crippen molar-refractivity contribution in [2.75, 3.05) is 5.73 Å². The van der Waals surface area contributed by atoms with Crippen molar-refractivity contribution < 1.29 is 0 Å². The first kappa shape index (κ1) is 10.4. The van der Waals surface area contributed by atoms with E-state index in [1.807, 2.05) is 30.3 Å². The van der Waals surface area contributed by atoms with Crippen molar-refractivity contribution in [1.82, 2.24) is 9.78 Å². The lowest BCUT2D eigenvalue weighted by atomic mass is 10.1. The molecule has 4 heteroatoms. The number of anilines is 1. The molecule has 0 radical (unpaired) electrons. The first-order chi connectivity index (χ1) is 7.75. The van der Waals surface area contributed by atoms with Gasteiger partial charge in [0.15, 0.2) is 0 Å².